The summed E-state index contributed by atoms with van der Waals surface area (Å²) in [5.74, 6) is 0.113. The van der Waals surface area contributed by atoms with Crippen molar-refractivity contribution in [2.75, 3.05) is 18.0 Å². The van der Waals surface area contributed by atoms with Crippen LogP contribution < -0.4 is 4.90 Å². The molecular formula is C14H15N3O3S. The monoisotopic (exact) mass is 305 g/mol. The summed E-state index contributed by atoms with van der Waals surface area (Å²) in [5, 5.41) is 11.5. The summed E-state index contributed by atoms with van der Waals surface area (Å²) in [5.41, 5.74) is 2.69. The molecule has 0 spiro atoms. The van der Waals surface area contributed by atoms with Gasteiger partial charge in [-0.3, -0.25) is 14.9 Å². The Morgan fingerprint density at radius 3 is 3.05 bits per heavy atom. The van der Waals surface area contributed by atoms with Crippen molar-refractivity contribution in [1.82, 2.24) is 4.98 Å². The van der Waals surface area contributed by atoms with Crippen molar-refractivity contribution in [1.29, 1.82) is 0 Å². The Kier molecular flexibility index (Phi) is 3.59. The number of anilines is 1. The quantitative estimate of drug-likeness (QED) is 0.643. The number of benzene rings is 1. The van der Waals surface area contributed by atoms with Crippen molar-refractivity contribution in [3.63, 3.8) is 0 Å². The lowest BCUT2D eigenvalue weighted by Gasteiger charge is -2.32. The fourth-order valence-corrected chi connectivity index (χ4v) is 3.55. The Bertz CT molecular complexity index is 713. The van der Waals surface area contributed by atoms with Gasteiger partial charge in [0.1, 0.15) is 11.5 Å². The number of Topliss-reactive ketones (excluding diaryl/α,β-unsaturated/α-hetero) is 1. The first-order valence-electron chi connectivity index (χ1n) is 6.84. The fraction of sp³-hybridized carbons (Fsp3) is 0.429. The minimum Gasteiger partial charge on any atom is -0.365 e. The molecule has 1 atom stereocenters. The molecule has 0 radical (unpaired) electrons. The zero-order valence-electron chi connectivity index (χ0n) is 11.6. The van der Waals surface area contributed by atoms with Gasteiger partial charge < -0.3 is 4.90 Å². The van der Waals surface area contributed by atoms with Crippen molar-refractivity contribution in [2.24, 2.45) is 5.92 Å². The number of nitrogens with zero attached hydrogens (tertiary/aromatic N) is 3. The van der Waals surface area contributed by atoms with Gasteiger partial charge >= 0.3 is 5.69 Å². The average molecular weight is 305 g/mol. The molecule has 0 N–H and O–H groups in total. The zero-order valence-corrected chi connectivity index (χ0v) is 12.4. The van der Waals surface area contributed by atoms with Crippen LogP contribution in [-0.4, -0.2) is 28.8 Å². The maximum absolute atomic E-state index is 11.6. The van der Waals surface area contributed by atoms with Crippen molar-refractivity contribution in [3.05, 3.63) is 27.8 Å². The molecule has 1 aromatic carbocycles. The van der Waals surface area contributed by atoms with Gasteiger partial charge in [-0.1, -0.05) is 0 Å². The van der Waals surface area contributed by atoms with Crippen molar-refractivity contribution in [3.8, 4) is 0 Å². The third-order valence-corrected chi connectivity index (χ3v) is 4.77. The van der Waals surface area contributed by atoms with E-state index in [-0.39, 0.29) is 22.3 Å². The number of thiazole rings is 1. The molecule has 2 aromatic rings. The summed E-state index contributed by atoms with van der Waals surface area (Å²) in [7, 11) is 0. The average Bonchev–Trinajstić information content (AvgIpc) is 2.94. The van der Waals surface area contributed by atoms with E-state index in [0.29, 0.717) is 17.7 Å². The maximum atomic E-state index is 11.6. The molecule has 3 rings (SSSR count). The van der Waals surface area contributed by atoms with Crippen LogP contribution in [-0.2, 0) is 4.79 Å². The van der Waals surface area contributed by atoms with Gasteiger partial charge in [-0.15, -0.1) is 11.3 Å². The Balaban J connectivity index is 2.05. The Morgan fingerprint density at radius 1 is 1.52 bits per heavy atom. The van der Waals surface area contributed by atoms with Gasteiger partial charge in [0.05, 0.1) is 15.1 Å². The van der Waals surface area contributed by atoms with Crippen LogP contribution in [0.2, 0.25) is 0 Å². The summed E-state index contributed by atoms with van der Waals surface area (Å²) in [6, 6.07) is 3.65. The highest BCUT2D eigenvalue weighted by Crippen LogP contribution is 2.38. The van der Waals surface area contributed by atoms with E-state index in [1.165, 1.54) is 11.3 Å². The number of aromatic nitrogens is 1. The number of nitro groups is 1. The summed E-state index contributed by atoms with van der Waals surface area (Å²) < 4.78 is 0.811. The highest BCUT2D eigenvalue weighted by atomic mass is 32.1. The smallest absolute Gasteiger partial charge is 0.319 e. The van der Waals surface area contributed by atoms with E-state index in [9.17, 15) is 14.9 Å². The lowest BCUT2D eigenvalue weighted by atomic mass is 9.94. The third-order valence-electron chi connectivity index (χ3n) is 3.97. The molecule has 7 heteroatoms. The van der Waals surface area contributed by atoms with E-state index in [1.54, 1.807) is 18.5 Å². The zero-order chi connectivity index (χ0) is 15.0. The SMILES string of the molecule is CC(=O)C1CCCN(c2ccc3scnc3c2[N+](=O)[O-])C1. The van der Waals surface area contributed by atoms with E-state index in [2.05, 4.69) is 4.98 Å². The number of ketones is 1. The van der Waals surface area contributed by atoms with Crippen LogP contribution >= 0.6 is 11.3 Å². The maximum Gasteiger partial charge on any atom is 0.319 e. The fourth-order valence-electron chi connectivity index (χ4n) is 2.87. The van der Waals surface area contributed by atoms with Gasteiger partial charge in [-0.2, -0.15) is 0 Å². The molecule has 1 aliphatic rings. The van der Waals surface area contributed by atoms with E-state index in [4.69, 9.17) is 0 Å². The Morgan fingerprint density at radius 2 is 2.33 bits per heavy atom. The second kappa shape index (κ2) is 5.40. The summed E-state index contributed by atoms with van der Waals surface area (Å²) in [6.07, 6.45) is 1.73. The first kappa shape index (κ1) is 13.9. The van der Waals surface area contributed by atoms with E-state index >= 15 is 0 Å². The number of rotatable bonds is 3. The molecule has 1 saturated heterocycles. The standard InChI is InChI=1S/C14H15N3O3S/c1-9(18)10-3-2-6-16(7-10)11-4-5-12-13(15-8-21-12)14(11)17(19)20/h4-5,8,10H,2-3,6-7H2,1H3. The number of carbonyl (C=O) groups excluding carboxylic acids is 1. The number of hydrogen-bond acceptors (Lipinski definition) is 6. The molecular weight excluding hydrogens is 290 g/mol. The molecule has 21 heavy (non-hydrogen) atoms. The molecule has 1 unspecified atom stereocenters. The number of piperidine rings is 1. The van der Waals surface area contributed by atoms with Crippen molar-refractivity contribution < 1.29 is 9.72 Å². The Labute approximate surface area is 125 Å². The predicted octanol–water partition coefficient (Wildman–Crippen LogP) is 3.01. The first-order valence-corrected chi connectivity index (χ1v) is 7.72. The van der Waals surface area contributed by atoms with Crippen LogP contribution in [0.15, 0.2) is 17.6 Å². The molecule has 2 heterocycles. The largest absolute Gasteiger partial charge is 0.365 e. The number of hydrogen-bond donors (Lipinski definition) is 0. The summed E-state index contributed by atoms with van der Waals surface area (Å²) in [4.78, 5) is 28.8. The molecule has 0 amide bonds. The second-order valence-electron chi connectivity index (χ2n) is 5.29. The highest BCUT2D eigenvalue weighted by Gasteiger charge is 2.29. The van der Waals surface area contributed by atoms with E-state index < -0.39 is 0 Å². The van der Waals surface area contributed by atoms with Gasteiger partial charge in [-0.25, -0.2) is 4.98 Å². The number of fused-ring (bicyclic) bond motifs is 1. The van der Waals surface area contributed by atoms with E-state index in [0.717, 1.165) is 24.1 Å². The van der Waals surface area contributed by atoms with Crippen molar-refractivity contribution in [2.45, 2.75) is 19.8 Å². The van der Waals surface area contributed by atoms with Gasteiger partial charge in [0.2, 0.25) is 0 Å². The highest BCUT2D eigenvalue weighted by molar-refractivity contribution is 7.16. The Hall–Kier alpha value is -2.02. The summed E-state index contributed by atoms with van der Waals surface area (Å²) >= 11 is 1.39. The predicted molar refractivity (Wildman–Crippen MR) is 81.9 cm³/mol. The van der Waals surface area contributed by atoms with Gasteiger partial charge in [0, 0.05) is 19.0 Å². The summed E-state index contributed by atoms with van der Waals surface area (Å²) in [6.45, 7) is 2.87. The van der Waals surface area contributed by atoms with Crippen LogP contribution in [0.25, 0.3) is 10.2 Å². The van der Waals surface area contributed by atoms with Crippen LogP contribution in [0.4, 0.5) is 11.4 Å². The first-order chi connectivity index (χ1) is 10.1. The van der Waals surface area contributed by atoms with Gasteiger partial charge in [0.25, 0.3) is 0 Å². The minimum atomic E-state index is -0.366. The normalized spacial score (nSPS) is 18.9. The van der Waals surface area contributed by atoms with E-state index in [1.807, 2.05) is 11.0 Å². The van der Waals surface area contributed by atoms with Crippen LogP contribution in [0.1, 0.15) is 19.8 Å². The molecule has 0 aliphatic carbocycles. The van der Waals surface area contributed by atoms with Crippen LogP contribution in [0, 0.1) is 16.0 Å². The second-order valence-corrected chi connectivity index (χ2v) is 6.17. The lowest BCUT2D eigenvalue weighted by molar-refractivity contribution is -0.382. The molecule has 0 bridgehead atoms. The third kappa shape index (κ3) is 2.49. The molecule has 1 fully saturated rings. The van der Waals surface area contributed by atoms with Crippen molar-refractivity contribution >= 4 is 38.7 Å². The van der Waals surface area contributed by atoms with Crippen LogP contribution in [0.5, 0.6) is 0 Å². The number of nitro benzene ring substituents is 1. The molecule has 1 aromatic heterocycles. The minimum absolute atomic E-state index is 0.0375. The van der Waals surface area contributed by atoms with Gasteiger partial charge in [0.15, 0.2) is 5.52 Å². The number of carbonyl (C=O) groups is 1. The lowest BCUT2D eigenvalue weighted by Crippen LogP contribution is -2.38. The molecule has 6 nitrogen and oxygen atoms in total. The van der Waals surface area contributed by atoms with Crippen LogP contribution in [0.3, 0.4) is 0 Å². The molecule has 0 saturated carbocycles. The molecule has 1 aliphatic heterocycles. The van der Waals surface area contributed by atoms with Gasteiger partial charge in [-0.05, 0) is 31.9 Å². The topological polar surface area (TPSA) is 76.3 Å². The molecule has 110 valence electrons.